The SMILES string of the molecule is C/C=C\C=C(C)C.CC.CC.CCCOC(C)=O.CCc1ccc(-c2cccc(CN(C)CCN(C)C)c2)cc1. The van der Waals surface area contributed by atoms with Gasteiger partial charge in [0.1, 0.15) is 0 Å². The molecule has 0 bridgehead atoms. The number of hydrogen-bond donors (Lipinski definition) is 0. The number of ether oxygens (including phenoxy) is 1. The molecule has 0 unspecified atom stereocenters. The number of esters is 1. The van der Waals surface area contributed by atoms with Gasteiger partial charge < -0.3 is 14.5 Å². The maximum atomic E-state index is 9.98. The zero-order chi connectivity index (χ0) is 31.3. The maximum absolute atomic E-state index is 9.98. The molecule has 0 spiro atoms. The Morgan fingerprint density at radius 2 is 1.43 bits per heavy atom. The maximum Gasteiger partial charge on any atom is 0.302 e. The Morgan fingerprint density at radius 1 is 0.825 bits per heavy atom. The number of hydrogen-bond acceptors (Lipinski definition) is 4. The highest BCUT2D eigenvalue weighted by Gasteiger charge is 2.04. The summed E-state index contributed by atoms with van der Waals surface area (Å²) in [7, 11) is 6.43. The molecular weight excluding hydrogens is 492 g/mol. The largest absolute Gasteiger partial charge is 0.466 e. The van der Waals surface area contributed by atoms with E-state index in [2.05, 4.69) is 111 Å². The lowest BCUT2D eigenvalue weighted by Crippen LogP contribution is -2.28. The van der Waals surface area contributed by atoms with E-state index in [4.69, 9.17) is 0 Å². The third-order valence-electron chi connectivity index (χ3n) is 5.14. The van der Waals surface area contributed by atoms with Crippen molar-refractivity contribution in [3.63, 3.8) is 0 Å². The number of rotatable bonds is 10. The Morgan fingerprint density at radius 3 is 1.82 bits per heavy atom. The van der Waals surface area contributed by atoms with Gasteiger partial charge in [0.15, 0.2) is 0 Å². The van der Waals surface area contributed by atoms with Gasteiger partial charge in [-0.25, -0.2) is 0 Å². The number of allylic oxidation sites excluding steroid dienone is 4. The summed E-state index contributed by atoms with van der Waals surface area (Å²) in [4.78, 5) is 14.6. The summed E-state index contributed by atoms with van der Waals surface area (Å²) in [5.41, 5.74) is 6.72. The van der Waals surface area contributed by atoms with Crippen LogP contribution in [0.25, 0.3) is 11.1 Å². The molecule has 2 aromatic carbocycles. The first kappa shape index (κ1) is 41.8. The zero-order valence-corrected chi connectivity index (χ0v) is 28.3. The summed E-state index contributed by atoms with van der Waals surface area (Å²) in [5, 5.41) is 0. The van der Waals surface area contributed by atoms with Gasteiger partial charge in [-0.1, -0.05) is 108 Å². The predicted octanol–water partition coefficient (Wildman–Crippen LogP) is 9.45. The van der Waals surface area contributed by atoms with Gasteiger partial charge in [0.25, 0.3) is 0 Å². The summed E-state index contributed by atoms with van der Waals surface area (Å²) in [6, 6.07) is 17.8. The minimum absolute atomic E-state index is 0.193. The van der Waals surface area contributed by atoms with Crippen molar-refractivity contribution < 1.29 is 9.53 Å². The normalized spacial score (nSPS) is 9.68. The second-order valence-electron chi connectivity index (χ2n) is 9.40. The van der Waals surface area contributed by atoms with E-state index >= 15 is 0 Å². The Bertz CT molecular complexity index is 895. The molecule has 0 amide bonds. The zero-order valence-electron chi connectivity index (χ0n) is 28.3. The summed E-state index contributed by atoms with van der Waals surface area (Å²) in [6.45, 7) is 23.5. The molecule has 4 heteroatoms. The molecule has 0 aliphatic carbocycles. The summed E-state index contributed by atoms with van der Waals surface area (Å²) in [6.07, 6.45) is 8.14. The average Bonchev–Trinajstić information content (AvgIpc) is 2.97. The molecular formula is C36H62N2O2. The number of aryl methyl sites for hydroxylation is 1. The molecule has 228 valence electrons. The summed E-state index contributed by atoms with van der Waals surface area (Å²) >= 11 is 0. The lowest BCUT2D eigenvalue weighted by molar-refractivity contribution is -0.140. The fourth-order valence-corrected chi connectivity index (χ4v) is 3.08. The quantitative estimate of drug-likeness (QED) is 0.216. The van der Waals surface area contributed by atoms with Crippen LogP contribution in [-0.2, 0) is 22.5 Å². The fourth-order valence-electron chi connectivity index (χ4n) is 3.08. The minimum Gasteiger partial charge on any atom is -0.466 e. The number of likely N-dealkylation sites (N-methyl/N-ethyl adjacent to an activating group) is 2. The molecule has 2 aromatic rings. The van der Waals surface area contributed by atoms with Gasteiger partial charge in [0.2, 0.25) is 0 Å². The third kappa shape index (κ3) is 25.6. The Balaban J connectivity index is -0.000000627. The Labute approximate surface area is 249 Å². The van der Waals surface area contributed by atoms with E-state index in [1.165, 1.54) is 34.8 Å². The average molecular weight is 555 g/mol. The van der Waals surface area contributed by atoms with Crippen LogP contribution in [0.1, 0.15) is 86.8 Å². The van der Waals surface area contributed by atoms with Crippen molar-refractivity contribution in [2.24, 2.45) is 0 Å². The van der Waals surface area contributed by atoms with Crippen LogP contribution in [0.2, 0.25) is 0 Å². The van der Waals surface area contributed by atoms with Crippen LogP contribution in [-0.4, -0.2) is 56.6 Å². The van der Waals surface area contributed by atoms with E-state index in [0.717, 1.165) is 32.5 Å². The van der Waals surface area contributed by atoms with Gasteiger partial charge in [-0.05, 0) is 83.1 Å². The van der Waals surface area contributed by atoms with Crippen LogP contribution in [0, 0.1) is 0 Å². The van der Waals surface area contributed by atoms with Gasteiger partial charge in [-0.2, -0.15) is 0 Å². The first-order valence-electron chi connectivity index (χ1n) is 15.0. The molecule has 0 N–H and O–H groups in total. The monoisotopic (exact) mass is 554 g/mol. The molecule has 0 atom stereocenters. The highest BCUT2D eigenvalue weighted by atomic mass is 16.5. The van der Waals surface area contributed by atoms with E-state index in [1.54, 1.807) is 0 Å². The van der Waals surface area contributed by atoms with Crippen LogP contribution in [0.4, 0.5) is 0 Å². The van der Waals surface area contributed by atoms with Gasteiger partial charge in [0.05, 0.1) is 6.61 Å². The second kappa shape index (κ2) is 29.3. The molecule has 0 saturated heterocycles. The predicted molar refractivity (Wildman–Crippen MR) is 180 cm³/mol. The van der Waals surface area contributed by atoms with Crippen molar-refractivity contribution in [3.05, 3.63) is 83.5 Å². The minimum atomic E-state index is -0.193. The second-order valence-corrected chi connectivity index (χ2v) is 9.40. The van der Waals surface area contributed by atoms with Gasteiger partial charge in [-0.15, -0.1) is 0 Å². The molecule has 0 saturated carbocycles. The fraction of sp³-hybridized carbons (Fsp3) is 0.528. The lowest BCUT2D eigenvalue weighted by Gasteiger charge is -2.19. The van der Waals surface area contributed by atoms with E-state index in [0.29, 0.717) is 6.61 Å². The van der Waals surface area contributed by atoms with Crippen molar-refractivity contribution in [2.75, 3.05) is 40.8 Å². The molecule has 0 radical (unpaired) electrons. The first-order valence-corrected chi connectivity index (χ1v) is 15.0. The van der Waals surface area contributed by atoms with Crippen molar-refractivity contribution in [2.45, 2.75) is 88.6 Å². The van der Waals surface area contributed by atoms with E-state index in [9.17, 15) is 4.79 Å². The van der Waals surface area contributed by atoms with Gasteiger partial charge in [-0.3, -0.25) is 4.79 Å². The van der Waals surface area contributed by atoms with Crippen LogP contribution in [0.3, 0.4) is 0 Å². The van der Waals surface area contributed by atoms with Crippen LogP contribution in [0.5, 0.6) is 0 Å². The molecule has 0 fully saturated rings. The van der Waals surface area contributed by atoms with Crippen molar-refractivity contribution in [1.82, 2.24) is 9.80 Å². The molecule has 0 heterocycles. The number of benzene rings is 2. The molecule has 2 rings (SSSR count). The highest BCUT2D eigenvalue weighted by molar-refractivity contribution is 5.66. The third-order valence-corrected chi connectivity index (χ3v) is 5.14. The molecule has 0 aliphatic rings. The van der Waals surface area contributed by atoms with E-state index in [-0.39, 0.29) is 5.97 Å². The molecule has 0 aliphatic heterocycles. The van der Waals surface area contributed by atoms with E-state index in [1.807, 2.05) is 53.7 Å². The smallest absolute Gasteiger partial charge is 0.302 e. The Kier molecular flexibility index (Phi) is 30.6. The number of carbonyl (C=O) groups is 1. The van der Waals surface area contributed by atoms with Gasteiger partial charge in [0, 0.05) is 26.6 Å². The molecule has 4 nitrogen and oxygen atoms in total. The van der Waals surface area contributed by atoms with E-state index < -0.39 is 0 Å². The Hall–Kier alpha value is -2.69. The summed E-state index contributed by atoms with van der Waals surface area (Å²) in [5.74, 6) is -0.193. The van der Waals surface area contributed by atoms with Crippen LogP contribution in [0.15, 0.2) is 72.3 Å². The molecule has 40 heavy (non-hydrogen) atoms. The standard InChI is InChI=1S/C20H28N2.C7H12.C5H10O2.2C2H6/c1-5-17-9-11-19(12-10-17)20-8-6-7-18(15-20)16-22(4)14-13-21(2)3;1-4-5-6-7(2)3;1-3-4-7-5(2)6;2*1-2/h6-12,15H,5,13-14,16H2,1-4H3;4-6H,1-3H3;3-4H2,1-2H3;2*1-2H3/b;5-4-;;;. The molecule has 0 aromatic heterocycles. The number of nitrogens with zero attached hydrogens (tertiary/aromatic N) is 2. The highest BCUT2D eigenvalue weighted by Crippen LogP contribution is 2.21. The lowest BCUT2D eigenvalue weighted by atomic mass is 10.0. The number of carbonyl (C=O) groups excluding carboxylic acids is 1. The van der Waals surface area contributed by atoms with Crippen molar-refractivity contribution >= 4 is 5.97 Å². The van der Waals surface area contributed by atoms with Crippen molar-refractivity contribution in [3.8, 4) is 11.1 Å². The topological polar surface area (TPSA) is 32.8 Å². The van der Waals surface area contributed by atoms with Crippen LogP contribution < -0.4 is 0 Å². The first-order chi connectivity index (χ1) is 19.1. The van der Waals surface area contributed by atoms with Gasteiger partial charge >= 0.3 is 5.97 Å². The summed E-state index contributed by atoms with van der Waals surface area (Å²) < 4.78 is 4.55. The van der Waals surface area contributed by atoms with Crippen LogP contribution >= 0.6 is 0 Å². The van der Waals surface area contributed by atoms with Crippen molar-refractivity contribution in [1.29, 1.82) is 0 Å².